The molecule has 3 atom stereocenters. The van der Waals surface area contributed by atoms with Gasteiger partial charge in [-0.25, -0.2) is 5.06 Å². The molecule has 1 aromatic rings. The molecule has 1 fully saturated rings. The first-order valence-corrected chi connectivity index (χ1v) is 9.54. The molecule has 1 aliphatic heterocycles. The van der Waals surface area contributed by atoms with Gasteiger partial charge in [0.15, 0.2) is 0 Å². The Kier molecular flexibility index (Phi) is 5.98. The largest absolute Gasteiger partial charge is 0.272 e. The van der Waals surface area contributed by atoms with Crippen LogP contribution in [0.25, 0.3) is 0 Å². The molecular weight excluding hydrogens is 310 g/mol. The Hall–Kier alpha value is -1.35. The Morgan fingerprint density at radius 3 is 2.20 bits per heavy atom. The van der Waals surface area contributed by atoms with Crippen molar-refractivity contribution in [1.29, 1.82) is 0 Å². The van der Waals surface area contributed by atoms with Crippen molar-refractivity contribution in [2.75, 3.05) is 0 Å². The third-order valence-corrected chi connectivity index (χ3v) is 5.22. The molecule has 0 aromatic heterocycles. The van der Waals surface area contributed by atoms with Crippen molar-refractivity contribution in [3.8, 4) is 0 Å². The number of carbonyl (C=O) groups excluding carboxylic acids is 1. The molecule has 0 aliphatic carbocycles. The molecule has 1 aliphatic rings. The number of nitrogens with zero attached hydrogens (tertiary/aromatic N) is 1. The van der Waals surface area contributed by atoms with Gasteiger partial charge in [0.1, 0.15) is 0 Å². The zero-order valence-corrected chi connectivity index (χ0v) is 17.0. The maximum absolute atomic E-state index is 13.2. The van der Waals surface area contributed by atoms with Gasteiger partial charge >= 0.3 is 0 Å². The first kappa shape index (κ1) is 20.0. The number of carbonyl (C=O) groups is 1. The van der Waals surface area contributed by atoms with Crippen LogP contribution in [0.2, 0.25) is 0 Å². The molecule has 3 nitrogen and oxygen atoms in total. The Bertz CT molecular complexity index is 568. The van der Waals surface area contributed by atoms with Crippen molar-refractivity contribution in [3.05, 3.63) is 35.9 Å². The fourth-order valence-electron chi connectivity index (χ4n) is 3.54. The molecule has 2 rings (SSSR count). The monoisotopic (exact) mass is 345 g/mol. The lowest BCUT2D eigenvalue weighted by Gasteiger charge is -2.48. The molecule has 3 heteroatoms. The quantitative estimate of drug-likeness (QED) is 0.749. The summed E-state index contributed by atoms with van der Waals surface area (Å²) in [5.74, 6) is 0.0173. The molecule has 0 saturated carbocycles. The summed E-state index contributed by atoms with van der Waals surface area (Å²) in [6.45, 7) is 15.2. The van der Waals surface area contributed by atoms with E-state index >= 15 is 0 Å². The first-order chi connectivity index (χ1) is 11.5. The molecule has 0 radical (unpaired) electrons. The van der Waals surface area contributed by atoms with E-state index in [4.69, 9.17) is 4.84 Å². The van der Waals surface area contributed by atoms with E-state index < -0.39 is 0 Å². The lowest BCUT2D eigenvalue weighted by Crippen LogP contribution is -2.56. The van der Waals surface area contributed by atoms with Crippen LogP contribution >= 0.6 is 0 Å². The lowest BCUT2D eigenvalue weighted by atomic mass is 9.78. The van der Waals surface area contributed by atoms with E-state index in [-0.39, 0.29) is 34.8 Å². The van der Waals surface area contributed by atoms with Gasteiger partial charge in [-0.3, -0.25) is 9.63 Å². The number of benzene rings is 1. The van der Waals surface area contributed by atoms with Crippen molar-refractivity contribution in [3.63, 3.8) is 0 Å². The van der Waals surface area contributed by atoms with Crippen LogP contribution in [0, 0.1) is 16.7 Å². The number of hydrogen-bond acceptors (Lipinski definition) is 2. The Morgan fingerprint density at radius 1 is 1.08 bits per heavy atom. The van der Waals surface area contributed by atoms with Crippen molar-refractivity contribution >= 4 is 5.91 Å². The normalized spacial score (nSPS) is 23.4. The van der Waals surface area contributed by atoms with Gasteiger partial charge in [0.05, 0.1) is 12.1 Å². The summed E-state index contributed by atoms with van der Waals surface area (Å²) in [6.07, 6.45) is 2.83. The van der Waals surface area contributed by atoms with Crippen LogP contribution in [0.3, 0.4) is 0 Å². The second-order valence-electron chi connectivity index (χ2n) is 9.67. The maximum atomic E-state index is 13.2. The molecule has 1 aromatic carbocycles. The van der Waals surface area contributed by atoms with Crippen LogP contribution in [0.1, 0.15) is 66.9 Å². The van der Waals surface area contributed by atoms with Crippen LogP contribution in [-0.4, -0.2) is 23.1 Å². The molecule has 0 N–H and O–H groups in total. The highest BCUT2D eigenvalue weighted by molar-refractivity contribution is 5.78. The topological polar surface area (TPSA) is 29.5 Å². The van der Waals surface area contributed by atoms with Gasteiger partial charge in [0, 0.05) is 5.92 Å². The fourth-order valence-corrected chi connectivity index (χ4v) is 3.54. The molecule has 0 unspecified atom stereocenters. The van der Waals surface area contributed by atoms with Crippen molar-refractivity contribution < 1.29 is 9.63 Å². The maximum Gasteiger partial charge on any atom is 0.249 e. The van der Waals surface area contributed by atoms with E-state index in [0.29, 0.717) is 0 Å². The summed E-state index contributed by atoms with van der Waals surface area (Å²) >= 11 is 0. The van der Waals surface area contributed by atoms with E-state index in [9.17, 15) is 4.79 Å². The van der Waals surface area contributed by atoms with Gasteiger partial charge in [0.2, 0.25) is 5.91 Å². The van der Waals surface area contributed by atoms with Crippen LogP contribution in [0.4, 0.5) is 0 Å². The summed E-state index contributed by atoms with van der Waals surface area (Å²) in [4.78, 5) is 19.5. The predicted molar refractivity (Wildman–Crippen MR) is 103 cm³/mol. The van der Waals surface area contributed by atoms with Crippen molar-refractivity contribution in [2.45, 2.75) is 79.9 Å². The lowest BCUT2D eigenvalue weighted by molar-refractivity contribution is -0.274. The van der Waals surface area contributed by atoms with Crippen molar-refractivity contribution in [1.82, 2.24) is 5.06 Å². The minimum Gasteiger partial charge on any atom is -0.272 e. The third-order valence-electron chi connectivity index (χ3n) is 5.22. The predicted octanol–water partition coefficient (Wildman–Crippen LogP) is 5.25. The van der Waals surface area contributed by atoms with Crippen molar-refractivity contribution in [2.24, 2.45) is 16.7 Å². The van der Waals surface area contributed by atoms with Gasteiger partial charge in [-0.05, 0) is 35.7 Å². The minimum absolute atomic E-state index is 0.00494. The fraction of sp³-hybridized carbons (Fsp3) is 0.682. The third kappa shape index (κ3) is 5.07. The first-order valence-electron chi connectivity index (χ1n) is 9.54. The van der Waals surface area contributed by atoms with E-state index in [1.165, 1.54) is 5.56 Å². The minimum atomic E-state index is -0.0917. The van der Waals surface area contributed by atoms with Gasteiger partial charge in [-0.2, -0.15) is 0 Å². The molecule has 140 valence electrons. The van der Waals surface area contributed by atoms with Gasteiger partial charge in [0.25, 0.3) is 0 Å². The molecule has 1 heterocycles. The van der Waals surface area contributed by atoms with Crippen LogP contribution in [0.15, 0.2) is 30.3 Å². The highest BCUT2D eigenvalue weighted by atomic mass is 16.7. The number of hydroxylamine groups is 2. The highest BCUT2D eigenvalue weighted by Gasteiger charge is 2.43. The van der Waals surface area contributed by atoms with Crippen LogP contribution in [0.5, 0.6) is 0 Å². The van der Waals surface area contributed by atoms with Gasteiger partial charge in [-0.15, -0.1) is 0 Å². The van der Waals surface area contributed by atoms with Crippen LogP contribution < -0.4 is 0 Å². The summed E-state index contributed by atoms with van der Waals surface area (Å²) in [5.41, 5.74) is 1.23. The van der Waals surface area contributed by atoms with E-state index in [1.807, 2.05) is 25.1 Å². The second kappa shape index (κ2) is 7.49. The smallest absolute Gasteiger partial charge is 0.249 e. The molecular formula is C22H35NO2. The molecule has 25 heavy (non-hydrogen) atoms. The zero-order valence-electron chi connectivity index (χ0n) is 17.0. The zero-order chi connectivity index (χ0) is 18.8. The Labute approximate surface area is 153 Å². The summed E-state index contributed by atoms with van der Waals surface area (Å²) in [6, 6.07) is 10.3. The summed E-state index contributed by atoms with van der Waals surface area (Å²) < 4.78 is 0. The van der Waals surface area contributed by atoms with E-state index in [1.54, 1.807) is 5.06 Å². The average molecular weight is 346 g/mol. The Balaban J connectivity index is 2.18. The molecule has 1 amide bonds. The van der Waals surface area contributed by atoms with Gasteiger partial charge in [-0.1, -0.05) is 78.8 Å². The standard InChI is InChI=1S/C22H35NO2/c1-16(15-17-11-9-8-10-12-17)20(24)23-18(21(2,3)4)13-14-19(25-23)22(5,6)7/h8-12,16,18-19H,13-15H2,1-7H3/t16-,18-,19+/m0/s1. The highest BCUT2D eigenvalue weighted by Crippen LogP contribution is 2.39. The average Bonchev–Trinajstić information content (AvgIpc) is 2.52. The molecule has 0 bridgehead atoms. The number of hydrogen-bond donors (Lipinski definition) is 0. The summed E-state index contributed by atoms with van der Waals surface area (Å²) in [7, 11) is 0. The van der Waals surface area contributed by atoms with Crippen LogP contribution in [-0.2, 0) is 16.1 Å². The van der Waals surface area contributed by atoms with Gasteiger partial charge < -0.3 is 0 Å². The van der Waals surface area contributed by atoms with E-state index in [2.05, 4.69) is 53.7 Å². The molecule has 1 saturated heterocycles. The SMILES string of the molecule is C[C@@H](Cc1ccccc1)C(=O)N1O[C@@H](C(C)(C)C)CC[C@H]1C(C)(C)C. The number of rotatable bonds is 3. The molecule has 0 spiro atoms. The number of amides is 1. The Morgan fingerprint density at radius 2 is 1.68 bits per heavy atom. The summed E-state index contributed by atoms with van der Waals surface area (Å²) in [5, 5.41) is 1.73. The van der Waals surface area contributed by atoms with E-state index in [0.717, 1.165) is 19.3 Å². The second-order valence-corrected chi connectivity index (χ2v) is 9.67.